The van der Waals surface area contributed by atoms with Crippen molar-refractivity contribution in [2.45, 2.75) is 19.4 Å². The van der Waals surface area contributed by atoms with Gasteiger partial charge in [-0.15, -0.1) is 0 Å². The molecule has 124 valence electrons. The topological polar surface area (TPSA) is 127 Å². The molecule has 1 aromatic carbocycles. The average Bonchev–Trinajstić information content (AvgIpc) is 2.50. The van der Waals surface area contributed by atoms with Crippen molar-refractivity contribution in [2.75, 3.05) is 13.7 Å². The summed E-state index contributed by atoms with van der Waals surface area (Å²) in [6.45, 7) is 0.0386. The summed E-state index contributed by atoms with van der Waals surface area (Å²) in [5, 5.41) is 19.3. The van der Waals surface area contributed by atoms with Crippen molar-refractivity contribution in [3.05, 3.63) is 39.9 Å². The number of rotatable bonds is 8. The second-order valence-corrected chi connectivity index (χ2v) is 4.64. The van der Waals surface area contributed by atoms with Crippen LogP contribution in [0.2, 0.25) is 0 Å². The zero-order valence-corrected chi connectivity index (χ0v) is 12.4. The molecule has 1 rings (SSSR count). The fourth-order valence-electron chi connectivity index (χ4n) is 1.80. The van der Waals surface area contributed by atoms with Crippen LogP contribution in [0.15, 0.2) is 24.3 Å². The third-order valence-corrected chi connectivity index (χ3v) is 2.99. The molecule has 0 bridgehead atoms. The Bertz CT molecular complexity index is 598. The molecule has 1 amide bonds. The zero-order chi connectivity index (χ0) is 17.4. The summed E-state index contributed by atoms with van der Waals surface area (Å²) in [6, 6.07) is 5.51. The second kappa shape index (κ2) is 8.47. The normalized spacial score (nSPS) is 9.96. The molecule has 1 N–H and O–H groups in total. The Balaban J connectivity index is 2.81. The Hall–Kier alpha value is -2.97. The van der Waals surface area contributed by atoms with E-state index in [-0.39, 0.29) is 25.2 Å². The fourth-order valence-corrected chi connectivity index (χ4v) is 1.80. The molecule has 0 aliphatic carbocycles. The molecule has 23 heavy (non-hydrogen) atoms. The van der Waals surface area contributed by atoms with Crippen LogP contribution in [0.25, 0.3) is 0 Å². The largest absolute Gasteiger partial charge is 0.481 e. The van der Waals surface area contributed by atoms with Gasteiger partial charge in [-0.05, 0) is 5.56 Å². The number of nitro groups is 1. The lowest BCUT2D eigenvalue weighted by molar-refractivity contribution is -0.384. The molecule has 0 spiro atoms. The first-order valence-electron chi connectivity index (χ1n) is 6.63. The number of esters is 1. The van der Waals surface area contributed by atoms with Crippen molar-refractivity contribution in [3.8, 4) is 0 Å². The summed E-state index contributed by atoms with van der Waals surface area (Å²) in [6.07, 6.45) is -0.775. The van der Waals surface area contributed by atoms with Gasteiger partial charge in [-0.3, -0.25) is 24.5 Å². The van der Waals surface area contributed by atoms with E-state index in [1.807, 2.05) is 0 Å². The molecule has 9 heteroatoms. The molecule has 0 unspecified atom stereocenters. The highest BCUT2D eigenvalue weighted by molar-refractivity contribution is 5.93. The van der Waals surface area contributed by atoms with Crippen LogP contribution >= 0.6 is 0 Å². The Kier molecular flexibility index (Phi) is 6.66. The van der Waals surface area contributed by atoms with Crippen molar-refractivity contribution in [3.63, 3.8) is 0 Å². The number of benzene rings is 1. The average molecular weight is 324 g/mol. The van der Waals surface area contributed by atoms with Crippen LogP contribution in [-0.2, 0) is 25.7 Å². The first-order chi connectivity index (χ1) is 10.8. The maximum atomic E-state index is 11.9. The lowest BCUT2D eigenvalue weighted by Crippen LogP contribution is -2.34. The first-order valence-corrected chi connectivity index (χ1v) is 6.63. The van der Waals surface area contributed by atoms with Gasteiger partial charge in [-0.1, -0.05) is 12.1 Å². The van der Waals surface area contributed by atoms with Crippen LogP contribution in [-0.4, -0.2) is 46.4 Å². The van der Waals surface area contributed by atoms with Gasteiger partial charge in [0.1, 0.15) is 6.42 Å². The molecule has 0 heterocycles. The predicted molar refractivity (Wildman–Crippen MR) is 77.4 cm³/mol. The van der Waals surface area contributed by atoms with E-state index in [4.69, 9.17) is 5.11 Å². The monoisotopic (exact) mass is 324 g/mol. The highest BCUT2D eigenvalue weighted by atomic mass is 16.6. The van der Waals surface area contributed by atoms with E-state index in [0.717, 1.165) is 0 Å². The molecule has 0 fully saturated rings. The number of carboxylic acids is 1. The number of hydrogen-bond acceptors (Lipinski definition) is 6. The minimum absolute atomic E-state index is 0.00419. The van der Waals surface area contributed by atoms with Crippen molar-refractivity contribution in [2.24, 2.45) is 0 Å². The van der Waals surface area contributed by atoms with Gasteiger partial charge in [0.15, 0.2) is 0 Å². The van der Waals surface area contributed by atoms with Gasteiger partial charge in [-0.25, -0.2) is 0 Å². The Labute approximate surface area is 131 Å². The Morgan fingerprint density at radius 3 is 2.35 bits per heavy atom. The highest BCUT2D eigenvalue weighted by Gasteiger charge is 2.19. The van der Waals surface area contributed by atoms with Crippen LogP contribution in [0.5, 0.6) is 0 Å². The molecule has 1 aromatic rings. The number of carboxylic acid groups (broad SMARTS) is 1. The van der Waals surface area contributed by atoms with Gasteiger partial charge in [-0.2, -0.15) is 0 Å². The smallest absolute Gasteiger partial charge is 0.312 e. The minimum atomic E-state index is -1.28. The van der Waals surface area contributed by atoms with E-state index >= 15 is 0 Å². The molecule has 0 atom stereocenters. The van der Waals surface area contributed by atoms with E-state index in [2.05, 4.69) is 4.74 Å². The van der Waals surface area contributed by atoms with Gasteiger partial charge >= 0.3 is 11.9 Å². The number of nitrogens with zero attached hydrogens (tertiary/aromatic N) is 2. The summed E-state index contributed by atoms with van der Waals surface area (Å²) in [4.78, 5) is 45.0. The molecule has 0 radical (unpaired) electrons. The lowest BCUT2D eigenvalue weighted by Gasteiger charge is -2.21. The lowest BCUT2D eigenvalue weighted by atomic mass is 10.2. The van der Waals surface area contributed by atoms with Crippen LogP contribution in [0.4, 0.5) is 5.69 Å². The molecule has 0 aromatic heterocycles. The summed E-state index contributed by atoms with van der Waals surface area (Å²) < 4.78 is 4.49. The van der Waals surface area contributed by atoms with Gasteiger partial charge < -0.3 is 14.7 Å². The number of methoxy groups -OCH3 is 1. The number of non-ortho nitro benzene ring substituents is 1. The number of carbonyl (C=O) groups excluding carboxylic acids is 2. The van der Waals surface area contributed by atoms with Crippen molar-refractivity contribution < 1.29 is 29.2 Å². The number of carbonyl (C=O) groups is 3. The zero-order valence-electron chi connectivity index (χ0n) is 12.4. The Morgan fingerprint density at radius 1 is 1.26 bits per heavy atom. The third kappa shape index (κ3) is 6.12. The molecule has 0 aliphatic rings. The van der Waals surface area contributed by atoms with Crippen molar-refractivity contribution >= 4 is 23.5 Å². The van der Waals surface area contributed by atoms with Crippen LogP contribution in [0, 0.1) is 10.1 Å². The fraction of sp³-hybridized carbons (Fsp3) is 0.357. The van der Waals surface area contributed by atoms with Gasteiger partial charge in [0.2, 0.25) is 5.91 Å². The molecule has 0 saturated heterocycles. The standard InChI is InChI=1S/C14H16N2O7/c1-23-14(20)6-7-15(12(17)8-13(18)19)9-10-2-4-11(5-3-10)16(21)22/h2-5H,6-9H2,1H3,(H,18,19). The molecular formula is C14H16N2O7. The minimum Gasteiger partial charge on any atom is -0.481 e. The first kappa shape index (κ1) is 18.1. The number of amides is 1. The van der Waals surface area contributed by atoms with Gasteiger partial charge in [0.25, 0.3) is 5.69 Å². The SMILES string of the molecule is COC(=O)CCN(Cc1ccc([N+](=O)[O-])cc1)C(=O)CC(=O)O. The maximum Gasteiger partial charge on any atom is 0.312 e. The molecule has 9 nitrogen and oxygen atoms in total. The maximum absolute atomic E-state index is 11.9. The number of nitro benzene ring substituents is 1. The highest BCUT2D eigenvalue weighted by Crippen LogP contribution is 2.14. The van der Waals surface area contributed by atoms with Gasteiger partial charge in [0, 0.05) is 25.2 Å². The van der Waals surface area contributed by atoms with E-state index < -0.39 is 29.2 Å². The summed E-state index contributed by atoms with van der Waals surface area (Å²) >= 11 is 0. The van der Waals surface area contributed by atoms with E-state index in [1.165, 1.54) is 36.3 Å². The summed E-state index contributed by atoms with van der Waals surface area (Å²) in [5.74, 6) is -2.46. The van der Waals surface area contributed by atoms with Crippen molar-refractivity contribution in [1.82, 2.24) is 4.90 Å². The number of hydrogen-bond donors (Lipinski definition) is 1. The van der Waals surface area contributed by atoms with E-state index in [0.29, 0.717) is 5.56 Å². The quantitative estimate of drug-likeness (QED) is 0.326. The van der Waals surface area contributed by atoms with E-state index in [1.54, 1.807) is 0 Å². The number of aliphatic carboxylic acids is 1. The molecule has 0 aliphatic heterocycles. The van der Waals surface area contributed by atoms with Crippen LogP contribution < -0.4 is 0 Å². The Morgan fingerprint density at radius 2 is 1.87 bits per heavy atom. The summed E-state index contributed by atoms with van der Waals surface area (Å²) in [5.41, 5.74) is 0.492. The second-order valence-electron chi connectivity index (χ2n) is 4.64. The number of ether oxygens (including phenoxy) is 1. The summed E-state index contributed by atoms with van der Waals surface area (Å²) in [7, 11) is 1.21. The van der Waals surface area contributed by atoms with Crippen LogP contribution in [0.1, 0.15) is 18.4 Å². The van der Waals surface area contributed by atoms with Crippen molar-refractivity contribution in [1.29, 1.82) is 0 Å². The predicted octanol–water partition coefficient (Wildman–Crippen LogP) is 0.961. The van der Waals surface area contributed by atoms with Gasteiger partial charge in [0.05, 0.1) is 18.5 Å². The van der Waals surface area contributed by atoms with Crippen LogP contribution in [0.3, 0.4) is 0 Å². The van der Waals surface area contributed by atoms with E-state index in [9.17, 15) is 24.5 Å². The third-order valence-electron chi connectivity index (χ3n) is 2.99. The molecular weight excluding hydrogens is 308 g/mol. The molecule has 0 saturated carbocycles.